The summed E-state index contributed by atoms with van der Waals surface area (Å²) in [5.74, 6) is -0.183. The number of aromatic hydroxyl groups is 1. The van der Waals surface area contributed by atoms with Gasteiger partial charge in [-0.3, -0.25) is 0 Å². The van der Waals surface area contributed by atoms with Crippen molar-refractivity contribution in [2.75, 3.05) is 0 Å². The quantitative estimate of drug-likeness (QED) is 0.390. The van der Waals surface area contributed by atoms with Gasteiger partial charge in [-0.1, -0.05) is 0 Å². The predicted molar refractivity (Wildman–Crippen MR) is 53.3 cm³/mol. The third-order valence-corrected chi connectivity index (χ3v) is 2.94. The van der Waals surface area contributed by atoms with Crippen molar-refractivity contribution in [2.24, 2.45) is 0 Å². The summed E-state index contributed by atoms with van der Waals surface area (Å²) in [5.41, 5.74) is -1.37. The molecule has 78 valence electrons. The topological polar surface area (TPSA) is 84.7 Å². The zero-order valence-corrected chi connectivity index (χ0v) is 7.67. The van der Waals surface area contributed by atoms with Crippen molar-refractivity contribution in [1.29, 1.82) is 0 Å². The maximum absolute atomic E-state index is 11.8. The van der Waals surface area contributed by atoms with E-state index in [4.69, 9.17) is 0 Å². The van der Waals surface area contributed by atoms with E-state index in [2.05, 4.69) is 0 Å². The van der Waals surface area contributed by atoms with Gasteiger partial charge >= 0.3 is 17.1 Å². The van der Waals surface area contributed by atoms with E-state index in [1.165, 1.54) is 12.1 Å². The fourth-order valence-corrected chi connectivity index (χ4v) is 2.31. The first kappa shape index (κ1) is 7.69. The summed E-state index contributed by atoms with van der Waals surface area (Å²) in [4.78, 5) is 35.2. The van der Waals surface area contributed by atoms with Gasteiger partial charge in [-0.2, -0.15) is 0 Å². The van der Waals surface area contributed by atoms with E-state index in [9.17, 15) is 19.5 Å². The lowest BCUT2D eigenvalue weighted by molar-refractivity contribution is 0.479. The number of hydrogen-bond donors (Lipinski definition) is 1. The fourth-order valence-electron chi connectivity index (χ4n) is 2.31. The fraction of sp³-hybridized carbons (Fsp3) is 0. The van der Waals surface area contributed by atoms with Gasteiger partial charge in [0.15, 0.2) is 0 Å². The molecule has 0 atom stereocenters. The summed E-state index contributed by atoms with van der Waals surface area (Å²) in [6, 6.07) is 2.80. The van der Waals surface area contributed by atoms with Crippen LogP contribution >= 0.6 is 0 Å². The molecular formula is C9H3N3O4. The molecule has 0 saturated carbocycles. The molecule has 1 aromatic carbocycles. The van der Waals surface area contributed by atoms with Gasteiger partial charge in [0.2, 0.25) is 0 Å². The van der Waals surface area contributed by atoms with Crippen molar-refractivity contribution < 1.29 is 5.11 Å². The summed E-state index contributed by atoms with van der Waals surface area (Å²) in [6.07, 6.45) is 0. The van der Waals surface area contributed by atoms with Gasteiger partial charge in [-0.05, 0) is 12.1 Å². The third kappa shape index (κ3) is 0.489. The lowest BCUT2D eigenvalue weighted by atomic mass is 10.2. The number of benzene rings is 1. The average molecular weight is 217 g/mol. The summed E-state index contributed by atoms with van der Waals surface area (Å²) in [7, 11) is 0. The number of imidazole rings is 2. The average Bonchev–Trinajstić information content (AvgIpc) is 2.62. The van der Waals surface area contributed by atoms with Gasteiger partial charge in [0.25, 0.3) is 0 Å². The van der Waals surface area contributed by atoms with Crippen molar-refractivity contribution >= 4 is 16.6 Å². The van der Waals surface area contributed by atoms with Crippen LogP contribution in [-0.4, -0.2) is 18.3 Å². The smallest absolute Gasteiger partial charge is 0.346 e. The minimum atomic E-state index is -0.728. The van der Waals surface area contributed by atoms with E-state index >= 15 is 0 Å². The predicted octanol–water partition coefficient (Wildman–Crippen LogP) is -1.46. The molecule has 0 saturated heterocycles. The van der Waals surface area contributed by atoms with Gasteiger partial charge in [-0.15, -0.1) is 0 Å². The van der Waals surface area contributed by atoms with E-state index in [1.807, 2.05) is 0 Å². The van der Waals surface area contributed by atoms with Crippen LogP contribution in [0, 0.1) is 0 Å². The molecular weight excluding hydrogens is 214 g/mol. The molecule has 0 radical (unpaired) electrons. The van der Waals surface area contributed by atoms with Crippen LogP contribution in [-0.2, 0) is 0 Å². The number of nitrogens with zero attached hydrogens (tertiary/aromatic N) is 3. The normalized spacial score (nSPS) is 12.8. The van der Waals surface area contributed by atoms with Gasteiger partial charge in [0.05, 0.1) is 5.52 Å². The monoisotopic (exact) mass is 217 g/mol. The highest BCUT2D eigenvalue weighted by atomic mass is 16.3. The first-order chi connectivity index (χ1) is 7.63. The Bertz CT molecular complexity index is 1010. The number of hydrogen-bond acceptors (Lipinski definition) is 4. The van der Waals surface area contributed by atoms with E-state index in [1.54, 1.807) is 0 Å². The van der Waals surface area contributed by atoms with Gasteiger partial charge in [0.1, 0.15) is 16.8 Å². The Morgan fingerprint density at radius 2 is 1.38 bits per heavy atom. The molecule has 4 heterocycles. The second kappa shape index (κ2) is 1.87. The largest absolute Gasteiger partial charge is 0.506 e. The van der Waals surface area contributed by atoms with Crippen LogP contribution in [0.1, 0.15) is 0 Å². The zero-order chi connectivity index (χ0) is 11.2. The van der Waals surface area contributed by atoms with Crippen molar-refractivity contribution in [3.8, 4) is 5.75 Å². The zero-order valence-electron chi connectivity index (χ0n) is 7.67. The SMILES string of the molecule is O=c1n2c(=O)n3c(=O)n1c1c(O)ccc2c13. The van der Waals surface area contributed by atoms with Crippen molar-refractivity contribution in [1.82, 2.24) is 13.2 Å². The third-order valence-electron chi connectivity index (χ3n) is 2.94. The highest BCUT2D eigenvalue weighted by Gasteiger charge is 2.27. The molecule has 0 amide bonds. The second-order valence-electron chi connectivity index (χ2n) is 3.65. The molecule has 0 unspecified atom stereocenters. The van der Waals surface area contributed by atoms with E-state index < -0.39 is 17.1 Å². The Kier molecular flexibility index (Phi) is 0.901. The van der Waals surface area contributed by atoms with Crippen LogP contribution in [0.25, 0.3) is 16.6 Å². The van der Waals surface area contributed by atoms with Crippen LogP contribution in [0.15, 0.2) is 26.5 Å². The van der Waals surface area contributed by atoms with Crippen LogP contribution in [0.5, 0.6) is 5.75 Å². The number of phenolic OH excluding ortho intramolecular Hbond substituents is 1. The van der Waals surface area contributed by atoms with Gasteiger partial charge < -0.3 is 5.11 Å². The minimum absolute atomic E-state index is 0.106. The highest BCUT2D eigenvalue weighted by Crippen LogP contribution is 2.26. The Labute approximate surface area is 85.0 Å². The Hall–Kier alpha value is -2.57. The van der Waals surface area contributed by atoms with E-state index in [0.29, 0.717) is 11.0 Å². The molecule has 16 heavy (non-hydrogen) atoms. The molecule has 0 aliphatic rings. The lowest BCUT2D eigenvalue weighted by Gasteiger charge is -2.00. The van der Waals surface area contributed by atoms with E-state index in [0.717, 1.165) is 13.2 Å². The van der Waals surface area contributed by atoms with Crippen LogP contribution in [0.4, 0.5) is 0 Å². The Morgan fingerprint density at radius 3 is 2.06 bits per heavy atom. The van der Waals surface area contributed by atoms with Crippen molar-refractivity contribution in [2.45, 2.75) is 0 Å². The molecule has 0 aliphatic carbocycles. The standard InChI is InChI=1S/C9H3N3O4/c13-4-2-1-3-5-6(4)12-8(15)10(3)7(14)11(5)9(12)16/h1-2,13H. The van der Waals surface area contributed by atoms with E-state index in [-0.39, 0.29) is 11.3 Å². The molecule has 7 heteroatoms. The lowest BCUT2D eigenvalue weighted by Crippen LogP contribution is -2.42. The number of phenols is 1. The molecule has 0 fully saturated rings. The van der Waals surface area contributed by atoms with Crippen molar-refractivity contribution in [3.05, 3.63) is 43.6 Å². The van der Waals surface area contributed by atoms with Gasteiger partial charge in [0, 0.05) is 0 Å². The van der Waals surface area contributed by atoms with Crippen LogP contribution in [0.3, 0.4) is 0 Å². The first-order valence-corrected chi connectivity index (χ1v) is 4.51. The molecule has 4 aromatic heterocycles. The molecule has 5 aromatic rings. The highest BCUT2D eigenvalue weighted by molar-refractivity contribution is 5.96. The molecule has 1 N–H and O–H groups in total. The summed E-state index contributed by atoms with van der Waals surface area (Å²) in [5, 5.41) is 9.62. The molecule has 0 spiro atoms. The van der Waals surface area contributed by atoms with Crippen LogP contribution < -0.4 is 17.1 Å². The summed E-state index contributed by atoms with van der Waals surface area (Å²) >= 11 is 0. The van der Waals surface area contributed by atoms with Crippen molar-refractivity contribution in [3.63, 3.8) is 0 Å². The molecule has 0 aliphatic heterocycles. The Balaban J connectivity index is 2.81. The Morgan fingerprint density at radius 1 is 0.812 bits per heavy atom. The summed E-state index contributed by atoms with van der Waals surface area (Å²) < 4.78 is 2.62. The molecule has 6 bridgehead atoms. The van der Waals surface area contributed by atoms with Crippen LogP contribution in [0.2, 0.25) is 0 Å². The minimum Gasteiger partial charge on any atom is -0.506 e. The first-order valence-electron chi connectivity index (χ1n) is 4.51. The second-order valence-corrected chi connectivity index (χ2v) is 3.65. The molecule has 5 rings (SSSR count). The number of aromatic nitrogens is 3. The molecule has 7 nitrogen and oxygen atoms in total. The summed E-state index contributed by atoms with van der Waals surface area (Å²) in [6.45, 7) is 0. The maximum Gasteiger partial charge on any atom is 0.346 e. The maximum atomic E-state index is 11.8. The van der Waals surface area contributed by atoms with Gasteiger partial charge in [-0.25, -0.2) is 27.6 Å². The number of rotatable bonds is 0.